The van der Waals surface area contributed by atoms with Crippen LogP contribution >= 0.6 is 43.5 Å². The molecule has 1 aromatic rings. The molecule has 88 valence electrons. The summed E-state index contributed by atoms with van der Waals surface area (Å²) in [5, 5.41) is 4.21. The molecule has 0 aliphatic heterocycles. The Balaban J connectivity index is 2.76. The van der Waals surface area contributed by atoms with Crippen LogP contribution in [0.1, 0.15) is 23.7 Å². The average molecular weight is 369 g/mol. The molecular weight excluding hydrogens is 357 g/mol. The molecule has 0 bridgehead atoms. The molecule has 0 saturated heterocycles. The van der Waals surface area contributed by atoms with Gasteiger partial charge in [-0.1, -0.05) is 34.5 Å². The highest BCUT2D eigenvalue weighted by atomic mass is 79.9. The highest BCUT2D eigenvalue weighted by Gasteiger charge is 2.11. The van der Waals surface area contributed by atoms with E-state index in [1.165, 1.54) is 0 Å². The lowest BCUT2D eigenvalue weighted by molar-refractivity contribution is 0.0940. The molecule has 5 heteroatoms. The van der Waals surface area contributed by atoms with E-state index in [-0.39, 0.29) is 11.9 Å². The lowest BCUT2D eigenvalue weighted by Crippen LogP contribution is -2.35. The first-order chi connectivity index (χ1) is 7.58. The third kappa shape index (κ3) is 3.75. The highest BCUT2D eigenvalue weighted by Crippen LogP contribution is 2.23. The molecule has 0 aliphatic rings. The highest BCUT2D eigenvalue weighted by molar-refractivity contribution is 9.10. The number of benzene rings is 1. The van der Waals surface area contributed by atoms with Gasteiger partial charge < -0.3 is 5.32 Å². The summed E-state index contributed by atoms with van der Waals surface area (Å²) in [4.78, 5) is 11.8. The maximum Gasteiger partial charge on any atom is 0.251 e. The second-order valence-electron chi connectivity index (χ2n) is 3.36. The van der Waals surface area contributed by atoms with Gasteiger partial charge in [0.05, 0.1) is 5.02 Å². The molecule has 0 aliphatic carbocycles. The standard InChI is InChI=1S/C11H12Br2ClNO/c1-2-8(6-12)15-11(16)7-3-4-9(13)10(14)5-7/h3-5,8H,2,6H2,1H3,(H,15,16). The topological polar surface area (TPSA) is 29.1 Å². The van der Waals surface area contributed by atoms with Gasteiger partial charge in [0.1, 0.15) is 0 Å². The fourth-order valence-corrected chi connectivity index (χ4v) is 2.20. The minimum Gasteiger partial charge on any atom is -0.348 e. The van der Waals surface area contributed by atoms with Crippen LogP contribution in [0.4, 0.5) is 0 Å². The monoisotopic (exact) mass is 367 g/mol. The van der Waals surface area contributed by atoms with Crippen LogP contribution in [0.25, 0.3) is 0 Å². The van der Waals surface area contributed by atoms with Crippen LogP contribution in [-0.4, -0.2) is 17.3 Å². The summed E-state index contributed by atoms with van der Waals surface area (Å²) in [7, 11) is 0. The van der Waals surface area contributed by atoms with Crippen molar-refractivity contribution < 1.29 is 4.79 Å². The number of carbonyl (C=O) groups is 1. The van der Waals surface area contributed by atoms with Crippen LogP contribution < -0.4 is 5.32 Å². The maximum atomic E-state index is 11.8. The van der Waals surface area contributed by atoms with Crippen LogP contribution in [0.5, 0.6) is 0 Å². The molecule has 0 fully saturated rings. The van der Waals surface area contributed by atoms with Crippen molar-refractivity contribution in [1.82, 2.24) is 5.32 Å². The summed E-state index contributed by atoms with van der Waals surface area (Å²) in [5.41, 5.74) is 0.576. The zero-order valence-corrected chi connectivity index (χ0v) is 12.7. The Morgan fingerprint density at radius 2 is 2.25 bits per heavy atom. The van der Waals surface area contributed by atoms with Gasteiger partial charge in [0.2, 0.25) is 0 Å². The Labute approximate surface area is 117 Å². The van der Waals surface area contributed by atoms with Crippen molar-refractivity contribution in [2.45, 2.75) is 19.4 Å². The number of amides is 1. The van der Waals surface area contributed by atoms with Crippen LogP contribution in [0.2, 0.25) is 5.02 Å². The van der Waals surface area contributed by atoms with E-state index in [0.29, 0.717) is 10.6 Å². The number of carbonyl (C=O) groups excluding carboxylic acids is 1. The molecule has 2 nitrogen and oxygen atoms in total. The van der Waals surface area contributed by atoms with Gasteiger partial charge in [0.25, 0.3) is 5.91 Å². The first kappa shape index (κ1) is 14.0. The Morgan fingerprint density at radius 1 is 1.56 bits per heavy atom. The predicted octanol–water partition coefficient (Wildman–Crippen LogP) is 4.01. The molecule has 16 heavy (non-hydrogen) atoms. The van der Waals surface area contributed by atoms with E-state index in [1.54, 1.807) is 18.2 Å². The molecule has 0 heterocycles. The molecular formula is C11H12Br2ClNO. The Hall–Kier alpha value is -0.0600. The molecule has 1 atom stereocenters. The van der Waals surface area contributed by atoms with Gasteiger partial charge in [0.15, 0.2) is 0 Å². The molecule has 1 unspecified atom stereocenters. The van der Waals surface area contributed by atoms with Gasteiger partial charge in [-0.15, -0.1) is 0 Å². The van der Waals surface area contributed by atoms with Crippen molar-refractivity contribution in [2.24, 2.45) is 0 Å². The fraction of sp³-hybridized carbons (Fsp3) is 0.364. The number of halogens is 3. The molecule has 0 aromatic heterocycles. The zero-order chi connectivity index (χ0) is 12.1. The van der Waals surface area contributed by atoms with E-state index in [1.807, 2.05) is 6.92 Å². The van der Waals surface area contributed by atoms with Crippen molar-refractivity contribution in [3.63, 3.8) is 0 Å². The number of alkyl halides is 1. The molecule has 1 rings (SSSR count). The average Bonchev–Trinajstić information content (AvgIpc) is 2.29. The van der Waals surface area contributed by atoms with E-state index in [9.17, 15) is 4.79 Å². The Bertz CT molecular complexity index is 380. The molecule has 1 aromatic carbocycles. The summed E-state index contributed by atoms with van der Waals surface area (Å²) in [6.45, 7) is 2.03. The number of hydrogen-bond acceptors (Lipinski definition) is 1. The molecule has 0 radical (unpaired) electrons. The van der Waals surface area contributed by atoms with Crippen LogP contribution in [0.15, 0.2) is 22.7 Å². The van der Waals surface area contributed by atoms with Crippen molar-refractivity contribution >= 4 is 49.4 Å². The summed E-state index contributed by atoms with van der Waals surface area (Å²) < 4.78 is 0.790. The predicted molar refractivity (Wildman–Crippen MR) is 74.5 cm³/mol. The lowest BCUT2D eigenvalue weighted by atomic mass is 10.2. The normalized spacial score (nSPS) is 12.2. The second-order valence-corrected chi connectivity index (χ2v) is 5.27. The minimum absolute atomic E-state index is 0.0966. The summed E-state index contributed by atoms with van der Waals surface area (Å²) in [6.07, 6.45) is 0.890. The van der Waals surface area contributed by atoms with Gasteiger partial charge in [-0.3, -0.25) is 4.79 Å². The van der Waals surface area contributed by atoms with Gasteiger partial charge in [0, 0.05) is 21.4 Å². The van der Waals surface area contributed by atoms with E-state index in [2.05, 4.69) is 37.2 Å². The van der Waals surface area contributed by atoms with Gasteiger partial charge >= 0.3 is 0 Å². The second kappa shape index (κ2) is 6.62. The van der Waals surface area contributed by atoms with E-state index in [0.717, 1.165) is 16.2 Å². The smallest absolute Gasteiger partial charge is 0.251 e. The van der Waals surface area contributed by atoms with Gasteiger partial charge in [-0.05, 0) is 40.5 Å². The number of hydrogen-bond donors (Lipinski definition) is 1. The van der Waals surface area contributed by atoms with E-state index in [4.69, 9.17) is 11.6 Å². The van der Waals surface area contributed by atoms with Gasteiger partial charge in [-0.2, -0.15) is 0 Å². The lowest BCUT2D eigenvalue weighted by Gasteiger charge is -2.14. The Kier molecular flexibility index (Phi) is 5.79. The minimum atomic E-state index is -0.0966. The number of rotatable bonds is 4. The third-order valence-electron chi connectivity index (χ3n) is 2.20. The van der Waals surface area contributed by atoms with Crippen molar-refractivity contribution in [3.05, 3.63) is 33.3 Å². The van der Waals surface area contributed by atoms with Crippen LogP contribution in [0, 0.1) is 0 Å². The Morgan fingerprint density at radius 3 is 2.75 bits per heavy atom. The van der Waals surface area contributed by atoms with Crippen molar-refractivity contribution in [3.8, 4) is 0 Å². The third-order valence-corrected chi connectivity index (χ3v) is 4.21. The first-order valence-electron chi connectivity index (χ1n) is 4.90. The van der Waals surface area contributed by atoms with E-state index >= 15 is 0 Å². The van der Waals surface area contributed by atoms with Gasteiger partial charge in [-0.25, -0.2) is 0 Å². The van der Waals surface area contributed by atoms with Crippen molar-refractivity contribution in [2.75, 3.05) is 5.33 Å². The zero-order valence-electron chi connectivity index (χ0n) is 8.77. The first-order valence-corrected chi connectivity index (χ1v) is 7.19. The molecule has 1 N–H and O–H groups in total. The summed E-state index contributed by atoms with van der Waals surface area (Å²) in [6, 6.07) is 5.32. The largest absolute Gasteiger partial charge is 0.348 e. The molecule has 0 spiro atoms. The molecule has 1 amide bonds. The van der Waals surface area contributed by atoms with Crippen molar-refractivity contribution in [1.29, 1.82) is 0 Å². The van der Waals surface area contributed by atoms with Crippen LogP contribution in [0.3, 0.4) is 0 Å². The maximum absolute atomic E-state index is 11.8. The summed E-state index contributed by atoms with van der Waals surface area (Å²) >= 11 is 12.6. The SMILES string of the molecule is CCC(CBr)NC(=O)c1ccc(Br)c(Cl)c1. The quantitative estimate of drug-likeness (QED) is 0.799. The van der Waals surface area contributed by atoms with Crippen LogP contribution in [-0.2, 0) is 0 Å². The number of nitrogens with one attached hydrogen (secondary N) is 1. The fourth-order valence-electron chi connectivity index (χ4n) is 1.16. The van der Waals surface area contributed by atoms with E-state index < -0.39 is 0 Å². The summed E-state index contributed by atoms with van der Waals surface area (Å²) in [5.74, 6) is -0.0966. The molecule has 0 saturated carbocycles.